The fourth-order valence-corrected chi connectivity index (χ4v) is 2.89. The van der Waals surface area contributed by atoms with Crippen LogP contribution in [0.4, 0.5) is 0 Å². The molecule has 1 saturated heterocycles. The number of aryl methyl sites for hydroxylation is 1. The number of piperidine rings is 1. The first-order valence-corrected chi connectivity index (χ1v) is 8.11. The standard InChI is InChI=1S/C16H22N4O3/c1-10(2)8-14-17-15(23-19-14)12-6-4-5-7-20(12)16(21)13-9-11(3)18-22-13/h9-10,12H,4-8H2,1-3H3. The predicted molar refractivity (Wildman–Crippen MR) is 81.7 cm³/mol. The Kier molecular flexibility index (Phi) is 4.45. The third kappa shape index (κ3) is 3.43. The molecule has 1 unspecified atom stereocenters. The van der Waals surface area contributed by atoms with Gasteiger partial charge in [0.05, 0.1) is 5.69 Å². The second kappa shape index (κ2) is 6.52. The molecule has 1 atom stereocenters. The quantitative estimate of drug-likeness (QED) is 0.861. The van der Waals surface area contributed by atoms with Crippen LogP contribution in [-0.2, 0) is 6.42 Å². The zero-order valence-electron chi connectivity index (χ0n) is 13.8. The Morgan fingerprint density at radius 3 is 2.87 bits per heavy atom. The van der Waals surface area contributed by atoms with E-state index in [1.54, 1.807) is 17.9 Å². The minimum atomic E-state index is -0.185. The molecule has 0 spiro atoms. The van der Waals surface area contributed by atoms with Crippen LogP contribution in [0.2, 0.25) is 0 Å². The monoisotopic (exact) mass is 318 g/mol. The molecular weight excluding hydrogens is 296 g/mol. The van der Waals surface area contributed by atoms with Crippen molar-refractivity contribution in [3.63, 3.8) is 0 Å². The zero-order valence-corrected chi connectivity index (χ0v) is 13.8. The number of carbonyl (C=O) groups is 1. The second-order valence-electron chi connectivity index (χ2n) is 6.49. The first kappa shape index (κ1) is 15.7. The molecule has 0 aliphatic carbocycles. The summed E-state index contributed by atoms with van der Waals surface area (Å²) in [5, 5.41) is 7.84. The fraction of sp³-hybridized carbons (Fsp3) is 0.625. The Hall–Kier alpha value is -2.18. The van der Waals surface area contributed by atoms with Crippen molar-refractivity contribution in [3.8, 4) is 0 Å². The van der Waals surface area contributed by atoms with Crippen LogP contribution in [0.5, 0.6) is 0 Å². The summed E-state index contributed by atoms with van der Waals surface area (Å²) in [5.41, 5.74) is 0.693. The fourth-order valence-electron chi connectivity index (χ4n) is 2.89. The normalized spacial score (nSPS) is 18.6. The van der Waals surface area contributed by atoms with Crippen molar-refractivity contribution < 1.29 is 13.8 Å². The first-order valence-electron chi connectivity index (χ1n) is 8.11. The Morgan fingerprint density at radius 1 is 1.35 bits per heavy atom. The molecule has 124 valence electrons. The van der Waals surface area contributed by atoms with Crippen molar-refractivity contribution in [3.05, 3.63) is 29.2 Å². The van der Waals surface area contributed by atoms with Crippen LogP contribution in [0.3, 0.4) is 0 Å². The molecule has 1 fully saturated rings. The molecule has 0 aromatic carbocycles. The smallest absolute Gasteiger partial charge is 0.293 e. The molecule has 1 aliphatic heterocycles. The summed E-state index contributed by atoms with van der Waals surface area (Å²) in [6.07, 6.45) is 3.59. The lowest BCUT2D eigenvalue weighted by molar-refractivity contribution is 0.0520. The van der Waals surface area contributed by atoms with Gasteiger partial charge in [-0.05, 0) is 32.1 Å². The summed E-state index contributed by atoms with van der Waals surface area (Å²) in [6, 6.07) is 1.47. The number of likely N-dealkylation sites (tertiary alicyclic amines) is 1. The number of hydrogen-bond acceptors (Lipinski definition) is 6. The van der Waals surface area contributed by atoms with Gasteiger partial charge in [0.2, 0.25) is 11.7 Å². The lowest BCUT2D eigenvalue weighted by Crippen LogP contribution is -2.38. The lowest BCUT2D eigenvalue weighted by atomic mass is 10.0. The Labute approximate surface area is 135 Å². The van der Waals surface area contributed by atoms with E-state index in [2.05, 4.69) is 29.1 Å². The van der Waals surface area contributed by atoms with Crippen LogP contribution >= 0.6 is 0 Å². The van der Waals surface area contributed by atoms with Gasteiger partial charge in [0.15, 0.2) is 5.82 Å². The number of nitrogens with zero attached hydrogens (tertiary/aromatic N) is 4. The summed E-state index contributed by atoms with van der Waals surface area (Å²) >= 11 is 0. The van der Waals surface area contributed by atoms with Gasteiger partial charge in [-0.3, -0.25) is 4.79 Å². The van der Waals surface area contributed by atoms with Gasteiger partial charge in [0.25, 0.3) is 5.91 Å². The average Bonchev–Trinajstić information content (AvgIpc) is 3.15. The van der Waals surface area contributed by atoms with E-state index in [9.17, 15) is 4.79 Å². The van der Waals surface area contributed by atoms with Crippen LogP contribution < -0.4 is 0 Å². The number of hydrogen-bond donors (Lipinski definition) is 0. The minimum Gasteiger partial charge on any atom is -0.351 e. The third-order valence-corrected chi connectivity index (χ3v) is 3.96. The van der Waals surface area contributed by atoms with E-state index in [1.165, 1.54) is 0 Å². The predicted octanol–water partition coefficient (Wildman–Crippen LogP) is 2.93. The van der Waals surface area contributed by atoms with E-state index < -0.39 is 0 Å². The maximum absolute atomic E-state index is 12.7. The topological polar surface area (TPSA) is 85.3 Å². The summed E-state index contributed by atoms with van der Waals surface area (Å²) in [4.78, 5) is 18.9. The summed E-state index contributed by atoms with van der Waals surface area (Å²) in [6.45, 7) is 6.67. The van der Waals surface area contributed by atoms with E-state index >= 15 is 0 Å². The van der Waals surface area contributed by atoms with Crippen LogP contribution in [0.15, 0.2) is 15.1 Å². The molecule has 2 aromatic heterocycles. The third-order valence-electron chi connectivity index (χ3n) is 3.96. The molecule has 23 heavy (non-hydrogen) atoms. The molecule has 0 radical (unpaired) electrons. The summed E-state index contributed by atoms with van der Waals surface area (Å²) < 4.78 is 10.5. The first-order chi connectivity index (χ1) is 11.0. The van der Waals surface area contributed by atoms with E-state index in [-0.39, 0.29) is 17.7 Å². The largest absolute Gasteiger partial charge is 0.351 e. The highest BCUT2D eigenvalue weighted by molar-refractivity contribution is 5.91. The molecule has 0 N–H and O–H groups in total. The van der Waals surface area contributed by atoms with Gasteiger partial charge >= 0.3 is 0 Å². The number of aromatic nitrogens is 3. The van der Waals surface area contributed by atoms with Crippen molar-refractivity contribution in [1.29, 1.82) is 0 Å². The van der Waals surface area contributed by atoms with Crippen LogP contribution in [0, 0.1) is 12.8 Å². The zero-order chi connectivity index (χ0) is 16.4. The van der Waals surface area contributed by atoms with Crippen molar-refractivity contribution >= 4 is 5.91 Å². The van der Waals surface area contributed by atoms with Gasteiger partial charge in [-0.1, -0.05) is 24.2 Å². The number of amides is 1. The van der Waals surface area contributed by atoms with Gasteiger partial charge in [-0.2, -0.15) is 4.98 Å². The number of rotatable bonds is 4. The molecule has 7 heteroatoms. The molecule has 7 nitrogen and oxygen atoms in total. The SMILES string of the molecule is Cc1cc(C(=O)N2CCCCC2c2nc(CC(C)C)no2)on1. The summed E-state index contributed by atoms with van der Waals surface area (Å²) in [5.74, 6) is 1.77. The van der Waals surface area contributed by atoms with Crippen molar-refractivity contribution in [2.75, 3.05) is 6.54 Å². The minimum absolute atomic E-state index is 0.168. The van der Waals surface area contributed by atoms with Crippen LogP contribution in [0.25, 0.3) is 0 Å². The Morgan fingerprint density at radius 2 is 2.17 bits per heavy atom. The molecule has 0 saturated carbocycles. The van der Waals surface area contributed by atoms with Crippen molar-refractivity contribution in [2.24, 2.45) is 5.92 Å². The molecule has 1 aliphatic rings. The maximum Gasteiger partial charge on any atom is 0.293 e. The van der Waals surface area contributed by atoms with Crippen molar-refractivity contribution in [2.45, 2.75) is 52.5 Å². The highest BCUT2D eigenvalue weighted by atomic mass is 16.5. The van der Waals surface area contributed by atoms with Gasteiger partial charge in [-0.15, -0.1) is 0 Å². The molecule has 3 heterocycles. The number of carbonyl (C=O) groups excluding carboxylic acids is 1. The summed E-state index contributed by atoms with van der Waals surface area (Å²) in [7, 11) is 0. The molecular formula is C16H22N4O3. The second-order valence-corrected chi connectivity index (χ2v) is 6.49. The van der Waals surface area contributed by atoms with Gasteiger partial charge in [0.1, 0.15) is 6.04 Å². The average molecular weight is 318 g/mol. The highest BCUT2D eigenvalue weighted by Gasteiger charge is 2.34. The van der Waals surface area contributed by atoms with Crippen molar-refractivity contribution in [1.82, 2.24) is 20.2 Å². The Bertz CT molecular complexity index is 676. The molecule has 1 amide bonds. The molecule has 3 rings (SSSR count). The van der Waals surface area contributed by atoms with E-state index in [0.29, 0.717) is 29.9 Å². The van der Waals surface area contributed by atoms with Gasteiger partial charge in [0, 0.05) is 19.0 Å². The van der Waals surface area contributed by atoms with Gasteiger partial charge < -0.3 is 13.9 Å². The Balaban J connectivity index is 1.81. The van der Waals surface area contributed by atoms with Crippen LogP contribution in [0.1, 0.15) is 67.1 Å². The molecule has 2 aromatic rings. The van der Waals surface area contributed by atoms with Gasteiger partial charge in [-0.25, -0.2) is 0 Å². The van der Waals surface area contributed by atoms with E-state index in [1.807, 2.05) is 0 Å². The maximum atomic E-state index is 12.7. The molecule has 0 bridgehead atoms. The lowest BCUT2D eigenvalue weighted by Gasteiger charge is -2.32. The van der Waals surface area contributed by atoms with E-state index in [4.69, 9.17) is 9.05 Å². The van der Waals surface area contributed by atoms with E-state index in [0.717, 1.165) is 25.7 Å². The van der Waals surface area contributed by atoms with Crippen LogP contribution in [-0.4, -0.2) is 32.6 Å². The highest BCUT2D eigenvalue weighted by Crippen LogP contribution is 2.31.